The number of carboxylic acids is 1. The van der Waals surface area contributed by atoms with Crippen LogP contribution in [0, 0.1) is 13.8 Å². The molecule has 6 nitrogen and oxygen atoms in total. The molecule has 0 radical (unpaired) electrons. The third-order valence-electron chi connectivity index (χ3n) is 4.11. The lowest BCUT2D eigenvalue weighted by Crippen LogP contribution is -2.15. The maximum atomic E-state index is 12.4. The van der Waals surface area contributed by atoms with Crippen molar-refractivity contribution in [3.63, 3.8) is 0 Å². The van der Waals surface area contributed by atoms with E-state index in [-0.39, 0.29) is 36.7 Å². The number of ketones is 1. The molecular formula is C21H23NO5. The van der Waals surface area contributed by atoms with Crippen LogP contribution in [0.1, 0.15) is 50.2 Å². The number of benzene rings is 2. The van der Waals surface area contributed by atoms with E-state index in [1.54, 1.807) is 6.07 Å². The summed E-state index contributed by atoms with van der Waals surface area (Å²) in [4.78, 5) is 35.8. The molecule has 0 aliphatic carbocycles. The molecule has 0 bridgehead atoms. The maximum Gasteiger partial charge on any atom is 0.335 e. The van der Waals surface area contributed by atoms with Crippen molar-refractivity contribution < 1.29 is 24.2 Å². The largest absolute Gasteiger partial charge is 0.478 e. The van der Waals surface area contributed by atoms with Crippen LogP contribution >= 0.6 is 0 Å². The quantitative estimate of drug-likeness (QED) is 0.691. The number of anilines is 1. The fourth-order valence-electron chi connectivity index (χ4n) is 2.76. The van der Waals surface area contributed by atoms with Gasteiger partial charge in [0, 0.05) is 31.2 Å². The van der Waals surface area contributed by atoms with Crippen molar-refractivity contribution in [2.75, 3.05) is 12.4 Å². The highest BCUT2D eigenvalue weighted by Gasteiger charge is 2.13. The first-order valence-electron chi connectivity index (χ1n) is 8.56. The van der Waals surface area contributed by atoms with E-state index in [0.717, 1.165) is 11.1 Å². The highest BCUT2D eigenvalue weighted by atomic mass is 16.5. The van der Waals surface area contributed by atoms with Gasteiger partial charge in [0.1, 0.15) is 0 Å². The number of hydrogen-bond donors (Lipinski definition) is 2. The van der Waals surface area contributed by atoms with Crippen molar-refractivity contribution in [3.8, 4) is 0 Å². The van der Waals surface area contributed by atoms with Crippen molar-refractivity contribution in [2.24, 2.45) is 0 Å². The average molecular weight is 369 g/mol. The van der Waals surface area contributed by atoms with Gasteiger partial charge in [0.15, 0.2) is 5.78 Å². The lowest BCUT2D eigenvalue weighted by molar-refractivity contribution is -0.116. The Morgan fingerprint density at radius 3 is 2.44 bits per heavy atom. The molecule has 2 N–H and O–H groups in total. The first-order valence-corrected chi connectivity index (χ1v) is 8.56. The molecule has 0 saturated carbocycles. The topological polar surface area (TPSA) is 92.7 Å². The molecule has 0 aromatic heterocycles. The molecule has 27 heavy (non-hydrogen) atoms. The second-order valence-corrected chi connectivity index (χ2v) is 6.45. The Bertz CT molecular complexity index is 873. The lowest BCUT2D eigenvalue weighted by atomic mass is 9.99. The summed E-state index contributed by atoms with van der Waals surface area (Å²) in [6.45, 7) is 4.01. The molecule has 0 saturated heterocycles. The number of aromatic carboxylic acids is 1. The van der Waals surface area contributed by atoms with Crippen molar-refractivity contribution in [1.29, 1.82) is 0 Å². The van der Waals surface area contributed by atoms with E-state index in [4.69, 9.17) is 4.74 Å². The summed E-state index contributed by atoms with van der Waals surface area (Å²) in [5, 5.41) is 11.8. The first kappa shape index (κ1) is 20.3. The van der Waals surface area contributed by atoms with Crippen LogP contribution in [0.3, 0.4) is 0 Å². The number of aryl methyl sites for hydroxylation is 2. The molecule has 0 aliphatic rings. The fourth-order valence-corrected chi connectivity index (χ4v) is 2.76. The molecule has 142 valence electrons. The minimum absolute atomic E-state index is 0.0170. The molecule has 0 unspecified atom stereocenters. The van der Waals surface area contributed by atoms with Crippen molar-refractivity contribution in [3.05, 3.63) is 64.2 Å². The van der Waals surface area contributed by atoms with E-state index in [1.165, 1.54) is 19.2 Å². The minimum atomic E-state index is -1.09. The average Bonchev–Trinajstić information content (AvgIpc) is 2.61. The Labute approximate surface area is 158 Å². The number of carbonyl (C=O) groups is 3. The third kappa shape index (κ3) is 5.76. The zero-order valence-electron chi connectivity index (χ0n) is 15.7. The van der Waals surface area contributed by atoms with Gasteiger partial charge < -0.3 is 15.2 Å². The monoisotopic (exact) mass is 369 g/mol. The van der Waals surface area contributed by atoms with E-state index in [0.29, 0.717) is 16.8 Å². The van der Waals surface area contributed by atoms with Crippen LogP contribution in [0.5, 0.6) is 0 Å². The predicted molar refractivity (Wildman–Crippen MR) is 102 cm³/mol. The van der Waals surface area contributed by atoms with Crippen LogP contribution < -0.4 is 5.32 Å². The Hall–Kier alpha value is -2.99. The molecule has 1 amide bonds. The number of rotatable bonds is 8. The van der Waals surface area contributed by atoms with Gasteiger partial charge in [-0.05, 0) is 49.2 Å². The SMILES string of the molecule is COCc1cc(NC(=O)CCC(=O)c2cc(C)ccc2C)cc(C(=O)O)c1. The summed E-state index contributed by atoms with van der Waals surface area (Å²) < 4.78 is 5.02. The summed E-state index contributed by atoms with van der Waals surface area (Å²) in [5.41, 5.74) is 3.56. The van der Waals surface area contributed by atoms with Gasteiger partial charge in [-0.2, -0.15) is 0 Å². The number of amides is 1. The molecule has 2 rings (SSSR count). The molecule has 2 aromatic carbocycles. The number of nitrogens with one attached hydrogen (secondary N) is 1. The van der Waals surface area contributed by atoms with E-state index < -0.39 is 5.97 Å². The lowest BCUT2D eigenvalue weighted by Gasteiger charge is -2.10. The summed E-state index contributed by atoms with van der Waals surface area (Å²) in [5.74, 6) is -1.53. The van der Waals surface area contributed by atoms with Crippen LogP contribution in [-0.4, -0.2) is 29.9 Å². The maximum absolute atomic E-state index is 12.4. The normalized spacial score (nSPS) is 10.5. The number of methoxy groups -OCH3 is 1. The van der Waals surface area contributed by atoms with Crippen molar-refractivity contribution >= 4 is 23.3 Å². The summed E-state index contributed by atoms with van der Waals surface area (Å²) in [6.07, 6.45) is 0.100. The smallest absolute Gasteiger partial charge is 0.335 e. The molecule has 0 aliphatic heterocycles. The molecule has 0 atom stereocenters. The van der Waals surface area contributed by atoms with E-state index in [1.807, 2.05) is 32.0 Å². The van der Waals surface area contributed by atoms with Crippen LogP contribution in [0.4, 0.5) is 5.69 Å². The molecule has 0 heterocycles. The molecular weight excluding hydrogens is 346 g/mol. The Balaban J connectivity index is 2.04. The number of Topliss-reactive ketones (excluding diaryl/α,β-unsaturated/α-hetero) is 1. The predicted octanol–water partition coefficient (Wildman–Crippen LogP) is 3.75. The van der Waals surface area contributed by atoms with E-state index in [2.05, 4.69) is 5.32 Å². The summed E-state index contributed by atoms with van der Waals surface area (Å²) in [7, 11) is 1.50. The second kappa shape index (κ2) is 9.09. The van der Waals surface area contributed by atoms with Crippen LogP contribution in [0.15, 0.2) is 36.4 Å². The van der Waals surface area contributed by atoms with Crippen LogP contribution in [0.25, 0.3) is 0 Å². The van der Waals surface area contributed by atoms with Gasteiger partial charge in [0.25, 0.3) is 0 Å². The number of carbonyl (C=O) groups excluding carboxylic acids is 2. The number of carboxylic acid groups (broad SMARTS) is 1. The summed E-state index contributed by atoms with van der Waals surface area (Å²) in [6, 6.07) is 10.2. The van der Waals surface area contributed by atoms with E-state index >= 15 is 0 Å². The van der Waals surface area contributed by atoms with Gasteiger partial charge in [-0.25, -0.2) is 4.79 Å². The van der Waals surface area contributed by atoms with Gasteiger partial charge >= 0.3 is 5.97 Å². The van der Waals surface area contributed by atoms with Crippen LogP contribution in [-0.2, 0) is 16.1 Å². The Morgan fingerprint density at radius 1 is 1.04 bits per heavy atom. The van der Waals surface area contributed by atoms with Crippen molar-refractivity contribution in [1.82, 2.24) is 0 Å². The molecule has 0 fully saturated rings. The highest BCUT2D eigenvalue weighted by molar-refractivity contribution is 6.01. The van der Waals surface area contributed by atoms with Gasteiger partial charge in [-0.15, -0.1) is 0 Å². The Kier molecular flexibility index (Phi) is 6.85. The van der Waals surface area contributed by atoms with E-state index in [9.17, 15) is 19.5 Å². The van der Waals surface area contributed by atoms with Gasteiger partial charge in [0.05, 0.1) is 12.2 Å². The zero-order chi connectivity index (χ0) is 20.0. The van der Waals surface area contributed by atoms with Crippen molar-refractivity contribution in [2.45, 2.75) is 33.3 Å². The van der Waals surface area contributed by atoms with Gasteiger partial charge in [0.2, 0.25) is 5.91 Å². The fraction of sp³-hybridized carbons (Fsp3) is 0.286. The number of ether oxygens (including phenoxy) is 1. The standard InChI is InChI=1S/C21H23NO5/c1-13-4-5-14(2)18(8-13)19(23)6-7-20(24)22-17-10-15(12-27-3)9-16(11-17)21(25)26/h4-5,8-11H,6-7,12H2,1-3H3,(H,22,24)(H,25,26). The van der Waals surface area contributed by atoms with Crippen LogP contribution in [0.2, 0.25) is 0 Å². The van der Waals surface area contributed by atoms with Gasteiger partial charge in [-0.3, -0.25) is 9.59 Å². The summed E-state index contributed by atoms with van der Waals surface area (Å²) >= 11 is 0. The molecule has 6 heteroatoms. The number of hydrogen-bond acceptors (Lipinski definition) is 4. The second-order valence-electron chi connectivity index (χ2n) is 6.45. The minimum Gasteiger partial charge on any atom is -0.478 e. The third-order valence-corrected chi connectivity index (χ3v) is 4.11. The highest BCUT2D eigenvalue weighted by Crippen LogP contribution is 2.18. The molecule has 2 aromatic rings. The first-order chi connectivity index (χ1) is 12.8. The van der Waals surface area contributed by atoms with Gasteiger partial charge in [-0.1, -0.05) is 17.7 Å². The zero-order valence-corrected chi connectivity index (χ0v) is 15.7. The molecule has 0 spiro atoms. The Morgan fingerprint density at radius 2 is 1.78 bits per heavy atom.